The highest BCUT2D eigenvalue weighted by Gasteiger charge is 2.26. The summed E-state index contributed by atoms with van der Waals surface area (Å²) >= 11 is 5.98. The van der Waals surface area contributed by atoms with E-state index in [1.807, 2.05) is 24.3 Å². The predicted octanol–water partition coefficient (Wildman–Crippen LogP) is 5.59. The number of fused-ring (bicyclic) bond motifs is 1. The first-order valence-electron chi connectivity index (χ1n) is 10.5. The second-order valence-corrected chi connectivity index (χ2v) is 8.13. The average Bonchev–Trinajstić information content (AvgIpc) is 2.84. The number of nitrogens with zero attached hydrogens (tertiary/aromatic N) is 2. The molecule has 0 saturated heterocycles. The third kappa shape index (κ3) is 4.11. The maximum absolute atomic E-state index is 13.9. The van der Waals surface area contributed by atoms with E-state index in [-0.39, 0.29) is 18.0 Å². The van der Waals surface area contributed by atoms with E-state index >= 15 is 0 Å². The molecule has 0 atom stereocenters. The Morgan fingerprint density at radius 2 is 1.71 bits per heavy atom. The summed E-state index contributed by atoms with van der Waals surface area (Å²) in [6.45, 7) is 0.200. The van der Waals surface area contributed by atoms with Gasteiger partial charge in [0.15, 0.2) is 5.56 Å². The van der Waals surface area contributed by atoms with Crippen molar-refractivity contribution in [1.29, 1.82) is 0 Å². The molecule has 5 rings (SSSR count). The number of hydrogen-bond acceptors (Lipinski definition) is 3. The number of benzene rings is 3. The molecule has 5 nitrogen and oxygen atoms in total. The summed E-state index contributed by atoms with van der Waals surface area (Å²) in [5.74, 6) is 0.441. The maximum Gasteiger partial charge on any atom is 0.354 e. The lowest BCUT2D eigenvalue weighted by atomic mass is 10.1. The van der Waals surface area contributed by atoms with Crippen molar-refractivity contribution in [2.75, 3.05) is 0 Å². The molecule has 1 N–H and O–H groups in total. The Labute approximate surface area is 199 Å². The van der Waals surface area contributed by atoms with Gasteiger partial charge in [0, 0.05) is 22.2 Å². The molecule has 2 aromatic heterocycles. The molecule has 0 fully saturated rings. The van der Waals surface area contributed by atoms with Gasteiger partial charge >= 0.3 is 5.56 Å². The number of halogens is 2. The Balaban J connectivity index is 1.66. The number of aromatic hydroxyl groups is 1. The minimum Gasteiger partial charge on any atom is -0.477 e. The number of aromatic nitrogens is 2. The summed E-state index contributed by atoms with van der Waals surface area (Å²) in [6.07, 6.45) is 1.62. The van der Waals surface area contributed by atoms with Crippen molar-refractivity contribution in [2.24, 2.45) is 0 Å². The van der Waals surface area contributed by atoms with E-state index in [9.17, 15) is 14.3 Å². The van der Waals surface area contributed by atoms with Gasteiger partial charge in [-0.2, -0.15) is 8.97 Å². The number of para-hydroxylation sites is 1. The van der Waals surface area contributed by atoms with Crippen molar-refractivity contribution < 1.29 is 18.8 Å². The molecule has 0 aliphatic carbocycles. The third-order valence-corrected chi connectivity index (χ3v) is 5.73. The molecule has 7 heteroatoms. The molecule has 0 unspecified atom stereocenters. The molecule has 168 valence electrons. The average molecular weight is 474 g/mol. The molecule has 0 aliphatic heterocycles. The van der Waals surface area contributed by atoms with Gasteiger partial charge in [-0.3, -0.25) is 0 Å². The number of pyridine rings is 1. The highest BCUT2D eigenvalue weighted by Crippen LogP contribution is 2.28. The van der Waals surface area contributed by atoms with Crippen LogP contribution in [0.4, 0.5) is 4.39 Å². The van der Waals surface area contributed by atoms with Crippen molar-refractivity contribution in [1.82, 2.24) is 4.40 Å². The minimum atomic E-state index is -0.497. The van der Waals surface area contributed by atoms with E-state index < -0.39 is 11.4 Å². The Bertz CT molecular complexity index is 1570. The Hall–Kier alpha value is -4.16. The molecular weight excluding hydrogens is 455 g/mol. The van der Waals surface area contributed by atoms with Gasteiger partial charge in [0.05, 0.1) is 6.20 Å². The molecule has 0 amide bonds. The van der Waals surface area contributed by atoms with Crippen LogP contribution < -0.4 is 14.9 Å². The summed E-state index contributed by atoms with van der Waals surface area (Å²) in [5.41, 5.74) is 1.11. The topological polar surface area (TPSA) is 54.8 Å². The molecule has 0 saturated carbocycles. The van der Waals surface area contributed by atoms with Crippen molar-refractivity contribution in [3.8, 4) is 28.5 Å². The van der Waals surface area contributed by atoms with Crippen molar-refractivity contribution in [3.05, 3.63) is 124 Å². The van der Waals surface area contributed by atoms with Gasteiger partial charge in [-0.15, -0.1) is 0 Å². The van der Waals surface area contributed by atoms with Crippen LogP contribution >= 0.6 is 11.6 Å². The molecule has 0 aliphatic rings. The summed E-state index contributed by atoms with van der Waals surface area (Å²) in [6, 6.07) is 25.3. The summed E-state index contributed by atoms with van der Waals surface area (Å²) < 4.78 is 23.0. The quantitative estimate of drug-likeness (QED) is 0.338. The molecule has 0 bridgehead atoms. The summed E-state index contributed by atoms with van der Waals surface area (Å²) in [7, 11) is 0. The molecule has 3 aromatic carbocycles. The van der Waals surface area contributed by atoms with E-state index in [0.717, 1.165) is 5.56 Å². The smallest absolute Gasteiger partial charge is 0.354 e. The Kier molecular flexibility index (Phi) is 5.74. The minimum absolute atomic E-state index is 0.0132. The maximum atomic E-state index is 13.9. The fourth-order valence-corrected chi connectivity index (χ4v) is 4.00. The van der Waals surface area contributed by atoms with Gasteiger partial charge in [-0.1, -0.05) is 48.0 Å². The van der Waals surface area contributed by atoms with Crippen LogP contribution in [-0.2, 0) is 6.54 Å². The lowest BCUT2D eigenvalue weighted by Crippen LogP contribution is -2.41. The van der Waals surface area contributed by atoms with E-state index in [1.54, 1.807) is 59.3 Å². The van der Waals surface area contributed by atoms with Gasteiger partial charge in [0.25, 0.3) is 11.5 Å². The van der Waals surface area contributed by atoms with Crippen molar-refractivity contribution in [3.63, 3.8) is 0 Å². The molecule has 5 aromatic rings. The number of hydrogen-bond donors (Lipinski definition) is 1. The van der Waals surface area contributed by atoms with Crippen LogP contribution in [0.2, 0.25) is 5.02 Å². The van der Waals surface area contributed by atoms with Crippen LogP contribution in [0, 0.1) is 5.82 Å². The van der Waals surface area contributed by atoms with E-state index in [4.69, 9.17) is 16.3 Å². The van der Waals surface area contributed by atoms with Crippen LogP contribution in [-0.4, -0.2) is 9.51 Å². The Morgan fingerprint density at radius 3 is 2.50 bits per heavy atom. The third-order valence-electron chi connectivity index (χ3n) is 5.48. The fourth-order valence-electron chi connectivity index (χ4n) is 3.87. The zero-order valence-corrected chi connectivity index (χ0v) is 18.6. The monoisotopic (exact) mass is 473 g/mol. The summed E-state index contributed by atoms with van der Waals surface area (Å²) in [5, 5.41) is 11.9. The number of ether oxygens (including phenoxy) is 1. The first kappa shape index (κ1) is 21.7. The largest absolute Gasteiger partial charge is 0.477 e. The Morgan fingerprint density at radius 1 is 0.941 bits per heavy atom. The van der Waals surface area contributed by atoms with Crippen LogP contribution in [0.5, 0.6) is 17.4 Å². The highest BCUT2D eigenvalue weighted by atomic mass is 35.5. The van der Waals surface area contributed by atoms with Crippen LogP contribution in [0.25, 0.3) is 16.8 Å². The second-order valence-electron chi connectivity index (χ2n) is 7.69. The van der Waals surface area contributed by atoms with Crippen molar-refractivity contribution >= 4 is 17.2 Å². The molecule has 0 spiro atoms. The van der Waals surface area contributed by atoms with Gasteiger partial charge in [-0.25, -0.2) is 9.18 Å². The first-order chi connectivity index (χ1) is 16.5. The SMILES string of the molecule is O=c1c(-c2cccc(F)c2)c(O)[n+](Cc2ccccc2Oc2ccc(Cl)cc2)c2ccccn12. The summed E-state index contributed by atoms with van der Waals surface area (Å²) in [4.78, 5) is 13.2. The van der Waals surface area contributed by atoms with Gasteiger partial charge < -0.3 is 9.84 Å². The molecule has 2 heterocycles. The lowest BCUT2D eigenvalue weighted by molar-refractivity contribution is -0.671. The predicted molar refractivity (Wildman–Crippen MR) is 128 cm³/mol. The zero-order chi connectivity index (χ0) is 23.7. The highest BCUT2D eigenvalue weighted by molar-refractivity contribution is 6.30. The lowest BCUT2D eigenvalue weighted by Gasteiger charge is -2.13. The van der Waals surface area contributed by atoms with E-state index in [1.165, 1.54) is 22.6 Å². The fraction of sp³-hybridized carbons (Fsp3) is 0.0370. The van der Waals surface area contributed by atoms with Gasteiger partial charge in [-0.05, 0) is 48.5 Å². The number of rotatable bonds is 5. The molecule has 34 heavy (non-hydrogen) atoms. The van der Waals surface area contributed by atoms with Gasteiger partial charge in [0.1, 0.15) is 23.9 Å². The zero-order valence-electron chi connectivity index (χ0n) is 17.9. The standard InChI is InChI=1S/C27H18ClFN2O3/c28-20-11-13-22(14-12-20)34-23-9-2-1-6-19(23)17-31-24-10-3-4-15-30(24)26(32)25(27(31)33)18-7-5-8-21(29)16-18/h1-16H,17H2/p+1. The molecule has 0 radical (unpaired) electrons. The van der Waals surface area contributed by atoms with E-state index in [2.05, 4.69) is 0 Å². The normalized spacial score (nSPS) is 11.0. The van der Waals surface area contributed by atoms with E-state index in [0.29, 0.717) is 27.7 Å². The van der Waals surface area contributed by atoms with Crippen LogP contribution in [0.3, 0.4) is 0 Å². The molecular formula is C27H19ClFN2O3+. The van der Waals surface area contributed by atoms with Crippen molar-refractivity contribution in [2.45, 2.75) is 6.54 Å². The van der Waals surface area contributed by atoms with Crippen LogP contribution in [0.15, 0.2) is 102 Å². The van der Waals surface area contributed by atoms with Crippen LogP contribution in [0.1, 0.15) is 5.56 Å². The van der Waals surface area contributed by atoms with Gasteiger partial charge in [0.2, 0.25) is 0 Å². The second kappa shape index (κ2) is 9.00. The first-order valence-corrected chi connectivity index (χ1v) is 10.9.